The number of benzene rings is 5. The van der Waals surface area contributed by atoms with E-state index in [0.717, 1.165) is 71.9 Å². The van der Waals surface area contributed by atoms with Crippen molar-refractivity contribution in [3.8, 4) is 56.5 Å². The summed E-state index contributed by atoms with van der Waals surface area (Å²) in [6, 6.07) is 46.9. The zero-order valence-electron chi connectivity index (χ0n) is 25.1. The number of rotatable bonds is 5. The van der Waals surface area contributed by atoms with Crippen LogP contribution in [0.3, 0.4) is 0 Å². The highest BCUT2D eigenvalue weighted by Crippen LogP contribution is 2.37. The molecular formula is C41H25N5O. The number of hydrogen-bond donors (Lipinski definition) is 0. The quantitative estimate of drug-likeness (QED) is 0.195. The van der Waals surface area contributed by atoms with Gasteiger partial charge in [-0.1, -0.05) is 109 Å². The van der Waals surface area contributed by atoms with E-state index in [0.29, 0.717) is 17.5 Å². The minimum atomic E-state index is 0.614. The second-order valence-corrected chi connectivity index (χ2v) is 11.3. The van der Waals surface area contributed by atoms with Crippen LogP contribution in [0.4, 0.5) is 0 Å². The maximum Gasteiger partial charge on any atom is 0.164 e. The summed E-state index contributed by atoms with van der Waals surface area (Å²) in [5.74, 6) is 1.88. The number of fused-ring (bicyclic) bond motifs is 4. The molecule has 0 aliphatic rings. The van der Waals surface area contributed by atoms with Gasteiger partial charge in [0.2, 0.25) is 0 Å². The number of aromatic nitrogens is 5. The van der Waals surface area contributed by atoms with E-state index in [2.05, 4.69) is 48.5 Å². The Kier molecular flexibility index (Phi) is 6.35. The van der Waals surface area contributed by atoms with Crippen molar-refractivity contribution < 1.29 is 4.42 Å². The number of hydrogen-bond acceptors (Lipinski definition) is 6. The van der Waals surface area contributed by atoms with Crippen LogP contribution in [0.2, 0.25) is 0 Å². The third kappa shape index (κ3) is 4.80. The Labute approximate surface area is 270 Å². The minimum absolute atomic E-state index is 0.614. The number of pyridine rings is 2. The summed E-state index contributed by atoms with van der Waals surface area (Å²) < 4.78 is 6.03. The summed E-state index contributed by atoms with van der Waals surface area (Å²) in [5, 5.41) is 3.14. The molecule has 220 valence electrons. The highest BCUT2D eigenvalue weighted by Gasteiger charge is 2.16. The number of nitrogens with zero attached hydrogens (tertiary/aromatic N) is 5. The van der Waals surface area contributed by atoms with Crippen LogP contribution in [0.5, 0.6) is 0 Å². The molecule has 4 heterocycles. The van der Waals surface area contributed by atoms with Crippen molar-refractivity contribution in [2.45, 2.75) is 0 Å². The molecule has 4 aromatic heterocycles. The van der Waals surface area contributed by atoms with Crippen LogP contribution >= 0.6 is 0 Å². The molecule has 0 saturated heterocycles. The van der Waals surface area contributed by atoms with Crippen molar-refractivity contribution in [2.24, 2.45) is 0 Å². The Hall–Kier alpha value is -6.53. The van der Waals surface area contributed by atoms with E-state index >= 15 is 0 Å². The Morgan fingerprint density at radius 2 is 1.02 bits per heavy atom. The predicted octanol–water partition coefficient (Wildman–Crippen LogP) is 10.0. The smallest absolute Gasteiger partial charge is 0.164 e. The molecule has 0 spiro atoms. The minimum Gasteiger partial charge on any atom is -0.454 e. The number of furan rings is 1. The molecule has 6 heteroatoms. The van der Waals surface area contributed by atoms with Gasteiger partial charge in [-0.3, -0.25) is 9.97 Å². The van der Waals surface area contributed by atoms with Crippen LogP contribution in [0, 0.1) is 0 Å². The molecule has 6 nitrogen and oxygen atoms in total. The largest absolute Gasteiger partial charge is 0.454 e. The number of para-hydroxylation sites is 1. The fourth-order valence-corrected chi connectivity index (χ4v) is 6.17. The van der Waals surface area contributed by atoms with Gasteiger partial charge in [-0.15, -0.1) is 0 Å². The van der Waals surface area contributed by atoms with E-state index in [4.69, 9.17) is 29.3 Å². The first kappa shape index (κ1) is 26.8. The van der Waals surface area contributed by atoms with Crippen molar-refractivity contribution in [3.63, 3.8) is 0 Å². The first-order valence-corrected chi connectivity index (χ1v) is 15.4. The summed E-state index contributed by atoms with van der Waals surface area (Å²) in [4.78, 5) is 24.4. The average Bonchev–Trinajstić information content (AvgIpc) is 3.53. The van der Waals surface area contributed by atoms with Gasteiger partial charge in [0, 0.05) is 44.6 Å². The Balaban J connectivity index is 1.17. The van der Waals surface area contributed by atoms with Gasteiger partial charge in [0.25, 0.3) is 0 Å². The molecule has 9 rings (SSSR count). The molecule has 5 aromatic carbocycles. The maximum atomic E-state index is 6.03. The zero-order chi connectivity index (χ0) is 31.2. The van der Waals surface area contributed by atoms with Crippen molar-refractivity contribution in [1.82, 2.24) is 24.9 Å². The molecule has 0 unspecified atom stereocenters. The summed E-state index contributed by atoms with van der Waals surface area (Å²) in [5.41, 5.74) is 9.19. The average molecular weight is 604 g/mol. The predicted molar refractivity (Wildman–Crippen MR) is 187 cm³/mol. The van der Waals surface area contributed by atoms with E-state index in [1.807, 2.05) is 97.2 Å². The normalized spacial score (nSPS) is 11.4. The lowest BCUT2D eigenvalue weighted by Gasteiger charge is -2.12. The van der Waals surface area contributed by atoms with Gasteiger partial charge in [-0.25, -0.2) is 15.0 Å². The van der Waals surface area contributed by atoms with Gasteiger partial charge < -0.3 is 4.42 Å². The molecule has 0 amide bonds. The van der Waals surface area contributed by atoms with E-state index in [1.54, 1.807) is 6.20 Å². The van der Waals surface area contributed by atoms with Crippen molar-refractivity contribution in [1.29, 1.82) is 0 Å². The van der Waals surface area contributed by atoms with Crippen molar-refractivity contribution in [3.05, 3.63) is 152 Å². The van der Waals surface area contributed by atoms with E-state index < -0.39 is 0 Å². The van der Waals surface area contributed by atoms with Crippen LogP contribution in [-0.2, 0) is 0 Å². The van der Waals surface area contributed by atoms with Crippen LogP contribution in [-0.4, -0.2) is 24.9 Å². The van der Waals surface area contributed by atoms with E-state index in [1.165, 1.54) is 0 Å². The van der Waals surface area contributed by atoms with Gasteiger partial charge in [0.1, 0.15) is 5.58 Å². The zero-order valence-corrected chi connectivity index (χ0v) is 25.1. The fraction of sp³-hybridized carbons (Fsp3) is 0. The topological polar surface area (TPSA) is 77.6 Å². The third-order valence-corrected chi connectivity index (χ3v) is 8.44. The summed E-state index contributed by atoms with van der Waals surface area (Å²) in [6.07, 6.45) is 3.64. The monoisotopic (exact) mass is 603 g/mol. The van der Waals surface area contributed by atoms with Crippen LogP contribution in [0.1, 0.15) is 0 Å². The SMILES string of the molecule is c1ccc(-c2nc(-c3ccccc3)nc(-c3cccc(-c4ccc(-c5cc6c(cn5)oc5ccccc56)c5ncccc45)c3)n2)cc1. The standard InChI is InChI=1S/C41H25N5O/c1-3-11-26(12-4-1)39-44-40(27-13-5-2-6-14-27)46-41(45-39)29-16-9-15-28(23-29)30-20-21-33(38-32(30)18-10-22-42-38)35-24-34-31-17-7-8-19-36(31)47-37(34)25-43-35/h1-25H. The lowest BCUT2D eigenvalue weighted by Crippen LogP contribution is -2.00. The Bertz CT molecular complexity index is 2520. The molecular weight excluding hydrogens is 578 g/mol. The lowest BCUT2D eigenvalue weighted by molar-refractivity contribution is 0.667. The van der Waals surface area contributed by atoms with Gasteiger partial charge in [-0.2, -0.15) is 0 Å². The van der Waals surface area contributed by atoms with Gasteiger partial charge in [-0.05, 0) is 41.5 Å². The highest BCUT2D eigenvalue weighted by atomic mass is 16.3. The molecule has 0 atom stereocenters. The van der Waals surface area contributed by atoms with E-state index in [9.17, 15) is 0 Å². The first-order chi connectivity index (χ1) is 23.3. The highest BCUT2D eigenvalue weighted by molar-refractivity contribution is 6.07. The van der Waals surface area contributed by atoms with Crippen molar-refractivity contribution >= 4 is 32.8 Å². The molecule has 0 saturated carbocycles. The lowest BCUT2D eigenvalue weighted by atomic mass is 9.95. The molecule has 0 radical (unpaired) electrons. The third-order valence-electron chi connectivity index (χ3n) is 8.44. The molecule has 9 aromatic rings. The summed E-state index contributed by atoms with van der Waals surface area (Å²) >= 11 is 0. The van der Waals surface area contributed by atoms with Crippen LogP contribution < -0.4 is 0 Å². The van der Waals surface area contributed by atoms with Gasteiger partial charge >= 0.3 is 0 Å². The second kappa shape index (κ2) is 11.1. The van der Waals surface area contributed by atoms with E-state index in [-0.39, 0.29) is 0 Å². The molecule has 0 aliphatic carbocycles. The molecule has 0 aliphatic heterocycles. The molecule has 0 bridgehead atoms. The van der Waals surface area contributed by atoms with Crippen molar-refractivity contribution in [2.75, 3.05) is 0 Å². The van der Waals surface area contributed by atoms with Gasteiger partial charge in [0.05, 0.1) is 17.4 Å². The second-order valence-electron chi connectivity index (χ2n) is 11.3. The van der Waals surface area contributed by atoms with Crippen LogP contribution in [0.15, 0.2) is 156 Å². The first-order valence-electron chi connectivity index (χ1n) is 15.4. The molecule has 47 heavy (non-hydrogen) atoms. The Morgan fingerprint density at radius 1 is 0.404 bits per heavy atom. The molecule has 0 N–H and O–H groups in total. The van der Waals surface area contributed by atoms with Crippen LogP contribution in [0.25, 0.3) is 89.4 Å². The Morgan fingerprint density at radius 3 is 1.79 bits per heavy atom. The fourth-order valence-electron chi connectivity index (χ4n) is 6.17. The summed E-state index contributed by atoms with van der Waals surface area (Å²) in [6.45, 7) is 0. The molecule has 0 fully saturated rings. The van der Waals surface area contributed by atoms with Gasteiger partial charge in [0.15, 0.2) is 23.1 Å². The summed E-state index contributed by atoms with van der Waals surface area (Å²) in [7, 11) is 0. The maximum absolute atomic E-state index is 6.03.